The van der Waals surface area contributed by atoms with Crippen LogP contribution >= 0.6 is 12.2 Å². The van der Waals surface area contributed by atoms with Crippen molar-refractivity contribution < 1.29 is 9.90 Å². The number of benzene rings is 1. The highest BCUT2D eigenvalue weighted by atomic mass is 32.1. The first-order chi connectivity index (χ1) is 9.99. The molecule has 0 aromatic heterocycles. The molecule has 0 bridgehead atoms. The summed E-state index contributed by atoms with van der Waals surface area (Å²) >= 11 is 4.93. The maximum Gasteiger partial charge on any atom is 0.241 e. The number of hydrogen-bond acceptors (Lipinski definition) is 4. The number of nitrogens with two attached hydrogens (primary N) is 1. The van der Waals surface area contributed by atoms with Gasteiger partial charge in [-0.15, -0.1) is 0 Å². The molecule has 0 aliphatic heterocycles. The van der Waals surface area contributed by atoms with Crippen LogP contribution in [-0.2, 0) is 4.79 Å². The van der Waals surface area contributed by atoms with E-state index >= 15 is 0 Å². The van der Waals surface area contributed by atoms with Crippen molar-refractivity contribution in [3.63, 3.8) is 0 Å². The van der Waals surface area contributed by atoms with E-state index < -0.39 is 0 Å². The molecule has 1 aromatic rings. The fourth-order valence-electron chi connectivity index (χ4n) is 2.06. The number of nitrogens with zero attached hydrogens (tertiary/aromatic N) is 1. The van der Waals surface area contributed by atoms with E-state index in [1.807, 2.05) is 18.7 Å². The van der Waals surface area contributed by atoms with Crippen molar-refractivity contribution in [2.75, 3.05) is 25.0 Å². The van der Waals surface area contributed by atoms with Crippen LogP contribution in [0.25, 0.3) is 0 Å². The first kappa shape index (κ1) is 17.6. The molecule has 0 saturated heterocycles. The molecule has 1 unspecified atom stereocenters. The molecule has 1 amide bonds. The molecule has 0 saturated carbocycles. The maximum absolute atomic E-state index is 12.3. The minimum Gasteiger partial charge on any atom is -0.396 e. The van der Waals surface area contributed by atoms with Crippen LogP contribution in [-0.4, -0.2) is 46.6 Å². The van der Waals surface area contributed by atoms with Gasteiger partial charge in [0.2, 0.25) is 5.91 Å². The van der Waals surface area contributed by atoms with Gasteiger partial charge in [0.05, 0.1) is 6.04 Å². The third-order valence-electron chi connectivity index (χ3n) is 3.35. The van der Waals surface area contributed by atoms with E-state index in [0.29, 0.717) is 23.6 Å². The summed E-state index contributed by atoms with van der Waals surface area (Å²) in [6, 6.07) is 6.90. The Hall–Kier alpha value is -1.50. The van der Waals surface area contributed by atoms with E-state index in [2.05, 4.69) is 5.32 Å². The van der Waals surface area contributed by atoms with Gasteiger partial charge in [-0.1, -0.05) is 31.3 Å². The minimum atomic E-state index is -0.268. The Morgan fingerprint density at radius 1 is 1.52 bits per heavy atom. The van der Waals surface area contributed by atoms with Crippen LogP contribution in [0, 0.1) is 0 Å². The molecule has 21 heavy (non-hydrogen) atoms. The summed E-state index contributed by atoms with van der Waals surface area (Å²) in [6.45, 7) is 5.42. The number of aliphatic hydroxyl groups excluding tert-OH is 1. The average molecular weight is 309 g/mol. The molecule has 4 N–H and O–H groups in total. The van der Waals surface area contributed by atoms with Crippen LogP contribution < -0.4 is 11.1 Å². The Bertz CT molecular complexity index is 494. The number of anilines is 1. The van der Waals surface area contributed by atoms with Crippen LogP contribution in [0.15, 0.2) is 24.3 Å². The lowest BCUT2D eigenvalue weighted by molar-refractivity contribution is -0.120. The van der Waals surface area contributed by atoms with E-state index in [-0.39, 0.29) is 18.6 Å². The van der Waals surface area contributed by atoms with Crippen LogP contribution in [0.5, 0.6) is 0 Å². The highest BCUT2D eigenvalue weighted by Gasteiger charge is 2.19. The van der Waals surface area contributed by atoms with Gasteiger partial charge >= 0.3 is 0 Å². The summed E-state index contributed by atoms with van der Waals surface area (Å²) in [4.78, 5) is 14.6. The van der Waals surface area contributed by atoms with Gasteiger partial charge in [0.1, 0.15) is 4.99 Å². The van der Waals surface area contributed by atoms with Crippen molar-refractivity contribution in [2.45, 2.75) is 26.3 Å². The number of rotatable bonds is 8. The summed E-state index contributed by atoms with van der Waals surface area (Å²) in [5.41, 5.74) is 6.99. The smallest absolute Gasteiger partial charge is 0.241 e. The summed E-state index contributed by atoms with van der Waals surface area (Å²) in [7, 11) is 0. The van der Waals surface area contributed by atoms with Gasteiger partial charge in [0.15, 0.2) is 0 Å². The molecule has 0 aliphatic rings. The van der Waals surface area contributed by atoms with Gasteiger partial charge in [-0.05, 0) is 32.0 Å². The van der Waals surface area contributed by atoms with Gasteiger partial charge < -0.3 is 16.2 Å². The largest absolute Gasteiger partial charge is 0.396 e. The lowest BCUT2D eigenvalue weighted by Crippen LogP contribution is -2.42. The molecule has 116 valence electrons. The van der Waals surface area contributed by atoms with Crippen molar-refractivity contribution in [1.82, 2.24) is 4.90 Å². The van der Waals surface area contributed by atoms with Crippen molar-refractivity contribution >= 4 is 28.8 Å². The van der Waals surface area contributed by atoms with Gasteiger partial charge in [0, 0.05) is 24.4 Å². The lowest BCUT2D eigenvalue weighted by Gasteiger charge is -2.26. The monoisotopic (exact) mass is 309 g/mol. The highest BCUT2D eigenvalue weighted by Crippen LogP contribution is 2.12. The Morgan fingerprint density at radius 2 is 2.24 bits per heavy atom. The normalized spacial score (nSPS) is 12.2. The predicted molar refractivity (Wildman–Crippen MR) is 89.4 cm³/mol. The van der Waals surface area contributed by atoms with Gasteiger partial charge in [-0.3, -0.25) is 9.69 Å². The first-order valence-corrected chi connectivity index (χ1v) is 7.46. The van der Waals surface area contributed by atoms with Crippen molar-refractivity contribution in [1.29, 1.82) is 0 Å². The second-order valence-electron chi connectivity index (χ2n) is 4.82. The molecule has 0 fully saturated rings. The number of hydrogen-bond donors (Lipinski definition) is 3. The van der Waals surface area contributed by atoms with Gasteiger partial charge in [-0.2, -0.15) is 0 Å². The summed E-state index contributed by atoms with van der Waals surface area (Å²) < 4.78 is 0. The number of amides is 1. The molecule has 5 nitrogen and oxygen atoms in total. The fourth-order valence-corrected chi connectivity index (χ4v) is 2.19. The van der Waals surface area contributed by atoms with Crippen molar-refractivity contribution in [2.24, 2.45) is 5.73 Å². The number of nitrogens with one attached hydrogen (secondary N) is 1. The van der Waals surface area contributed by atoms with E-state index in [0.717, 1.165) is 12.1 Å². The minimum absolute atomic E-state index is 0.0881. The SMILES string of the molecule is CCN(CCCO)C(C)C(=O)Nc1cccc(C(N)=S)c1. The van der Waals surface area contributed by atoms with Crippen molar-refractivity contribution in [3.05, 3.63) is 29.8 Å². The van der Waals surface area contributed by atoms with Gasteiger partial charge in [0.25, 0.3) is 0 Å². The number of aliphatic hydroxyl groups is 1. The molecular formula is C15H23N3O2S. The topological polar surface area (TPSA) is 78.6 Å². The van der Waals surface area contributed by atoms with Gasteiger partial charge in [-0.25, -0.2) is 0 Å². The number of carbonyl (C=O) groups excluding carboxylic acids is 1. The average Bonchev–Trinajstić information content (AvgIpc) is 2.48. The second-order valence-corrected chi connectivity index (χ2v) is 5.26. The fraction of sp³-hybridized carbons (Fsp3) is 0.467. The molecule has 0 radical (unpaired) electrons. The van der Waals surface area contributed by atoms with Crippen LogP contribution in [0.2, 0.25) is 0 Å². The molecule has 0 spiro atoms. The molecule has 1 rings (SSSR count). The lowest BCUT2D eigenvalue weighted by atomic mass is 10.2. The number of thiocarbonyl (C=S) groups is 1. The maximum atomic E-state index is 12.3. The zero-order valence-corrected chi connectivity index (χ0v) is 13.3. The summed E-state index contributed by atoms with van der Waals surface area (Å²) in [5, 5.41) is 11.8. The standard InChI is InChI=1S/C15H23N3O2S/c1-3-18(8-5-9-19)11(2)15(20)17-13-7-4-6-12(10-13)14(16)21/h4,6-7,10-11,19H,3,5,8-9H2,1-2H3,(H2,16,21)(H,17,20). The van der Waals surface area contributed by atoms with E-state index in [4.69, 9.17) is 23.1 Å². The van der Waals surface area contributed by atoms with Crippen LogP contribution in [0.4, 0.5) is 5.69 Å². The third-order valence-corrected chi connectivity index (χ3v) is 3.59. The number of likely N-dealkylation sites (N-methyl/N-ethyl adjacent to an activating group) is 1. The molecular weight excluding hydrogens is 286 g/mol. The van der Waals surface area contributed by atoms with Crippen LogP contribution in [0.3, 0.4) is 0 Å². The Balaban J connectivity index is 2.70. The first-order valence-electron chi connectivity index (χ1n) is 7.05. The molecule has 0 aliphatic carbocycles. The Kier molecular flexibility index (Phi) is 7.28. The highest BCUT2D eigenvalue weighted by molar-refractivity contribution is 7.80. The summed E-state index contributed by atoms with van der Waals surface area (Å²) in [6.07, 6.45) is 0.655. The molecule has 1 aromatic carbocycles. The van der Waals surface area contributed by atoms with E-state index in [1.54, 1.807) is 24.3 Å². The Morgan fingerprint density at radius 3 is 2.81 bits per heavy atom. The summed E-state index contributed by atoms with van der Waals surface area (Å²) in [5.74, 6) is -0.0881. The zero-order valence-electron chi connectivity index (χ0n) is 12.5. The third kappa shape index (κ3) is 5.41. The Labute approximate surface area is 131 Å². The number of carbonyl (C=O) groups is 1. The predicted octanol–water partition coefficient (Wildman–Crippen LogP) is 1.35. The van der Waals surface area contributed by atoms with E-state index in [9.17, 15) is 4.79 Å². The quantitative estimate of drug-likeness (QED) is 0.632. The van der Waals surface area contributed by atoms with E-state index in [1.165, 1.54) is 0 Å². The molecule has 6 heteroatoms. The van der Waals surface area contributed by atoms with Crippen LogP contribution in [0.1, 0.15) is 25.8 Å². The van der Waals surface area contributed by atoms with Crippen molar-refractivity contribution in [3.8, 4) is 0 Å². The second kappa shape index (κ2) is 8.71. The zero-order chi connectivity index (χ0) is 15.8. The molecule has 1 atom stereocenters. The molecule has 0 heterocycles.